The molecule has 2 N–H and O–H groups in total. The number of aryl methyl sites for hydroxylation is 2. The molecule has 0 aliphatic carbocycles. The van der Waals surface area contributed by atoms with Gasteiger partial charge < -0.3 is 9.64 Å². The SMILES string of the molecule is CC(=O)N1CCN(S(=O)(=O)c2ccc(OCc3cc(C)ccc3C)cc2)C(C(=O)NO)C1. The topological polar surface area (TPSA) is 116 Å². The number of hydrogen-bond acceptors (Lipinski definition) is 6. The minimum Gasteiger partial charge on any atom is -0.489 e. The van der Waals surface area contributed by atoms with E-state index in [1.165, 1.54) is 29.4 Å². The first-order valence-corrected chi connectivity index (χ1v) is 11.6. The Morgan fingerprint density at radius 3 is 2.44 bits per heavy atom. The van der Waals surface area contributed by atoms with Gasteiger partial charge in [-0.25, -0.2) is 13.9 Å². The molecule has 9 nitrogen and oxygen atoms in total. The highest BCUT2D eigenvalue weighted by Crippen LogP contribution is 2.24. The lowest BCUT2D eigenvalue weighted by Gasteiger charge is -2.38. The van der Waals surface area contributed by atoms with Crippen molar-refractivity contribution in [1.29, 1.82) is 0 Å². The maximum atomic E-state index is 13.2. The summed E-state index contributed by atoms with van der Waals surface area (Å²) < 4.78 is 33.2. The van der Waals surface area contributed by atoms with Crippen LogP contribution in [0, 0.1) is 13.8 Å². The number of carbonyl (C=O) groups is 2. The van der Waals surface area contributed by atoms with Crippen LogP contribution in [0.3, 0.4) is 0 Å². The summed E-state index contributed by atoms with van der Waals surface area (Å²) in [5.74, 6) is -0.660. The van der Waals surface area contributed by atoms with Crippen molar-refractivity contribution in [1.82, 2.24) is 14.7 Å². The maximum absolute atomic E-state index is 13.2. The zero-order valence-electron chi connectivity index (χ0n) is 18.2. The Hall–Kier alpha value is -2.95. The van der Waals surface area contributed by atoms with Gasteiger partial charge in [0.25, 0.3) is 5.91 Å². The summed E-state index contributed by atoms with van der Waals surface area (Å²) >= 11 is 0. The Labute approximate surface area is 187 Å². The van der Waals surface area contributed by atoms with Crippen LogP contribution in [0.4, 0.5) is 0 Å². The molecule has 0 radical (unpaired) electrons. The van der Waals surface area contributed by atoms with Crippen molar-refractivity contribution < 1.29 is 28.0 Å². The first-order valence-electron chi connectivity index (χ1n) is 10.1. The molecule has 172 valence electrons. The van der Waals surface area contributed by atoms with Gasteiger partial charge in [0.2, 0.25) is 15.9 Å². The summed E-state index contributed by atoms with van der Waals surface area (Å²) in [4.78, 5) is 25.2. The third-order valence-electron chi connectivity index (χ3n) is 5.52. The van der Waals surface area contributed by atoms with Crippen molar-refractivity contribution >= 4 is 21.8 Å². The van der Waals surface area contributed by atoms with Crippen molar-refractivity contribution in [2.45, 2.75) is 38.3 Å². The van der Waals surface area contributed by atoms with Crippen LogP contribution in [0.2, 0.25) is 0 Å². The highest BCUT2D eigenvalue weighted by molar-refractivity contribution is 7.89. The lowest BCUT2D eigenvalue weighted by atomic mass is 10.1. The van der Waals surface area contributed by atoms with E-state index in [2.05, 4.69) is 0 Å². The fourth-order valence-corrected chi connectivity index (χ4v) is 5.16. The Morgan fingerprint density at radius 1 is 1.12 bits per heavy atom. The number of hydroxylamine groups is 1. The third-order valence-corrected chi connectivity index (χ3v) is 7.44. The quantitative estimate of drug-likeness (QED) is 0.499. The second kappa shape index (κ2) is 9.68. The van der Waals surface area contributed by atoms with Gasteiger partial charge in [-0.05, 0) is 49.2 Å². The van der Waals surface area contributed by atoms with E-state index in [1.54, 1.807) is 12.1 Å². The Bertz CT molecular complexity index is 1100. The molecule has 10 heteroatoms. The molecule has 32 heavy (non-hydrogen) atoms. The Balaban J connectivity index is 1.76. The predicted molar refractivity (Wildman–Crippen MR) is 117 cm³/mol. The number of hydrogen-bond donors (Lipinski definition) is 2. The molecule has 1 aliphatic heterocycles. The van der Waals surface area contributed by atoms with Crippen molar-refractivity contribution in [3.8, 4) is 5.75 Å². The highest BCUT2D eigenvalue weighted by atomic mass is 32.2. The first-order chi connectivity index (χ1) is 15.1. The van der Waals surface area contributed by atoms with Gasteiger partial charge in [-0.15, -0.1) is 0 Å². The van der Waals surface area contributed by atoms with Crippen molar-refractivity contribution in [2.24, 2.45) is 0 Å². The van der Waals surface area contributed by atoms with E-state index in [-0.39, 0.29) is 30.4 Å². The van der Waals surface area contributed by atoms with Gasteiger partial charge in [0.1, 0.15) is 18.4 Å². The third kappa shape index (κ3) is 5.09. The Morgan fingerprint density at radius 2 is 1.81 bits per heavy atom. The smallest absolute Gasteiger partial charge is 0.263 e. The summed E-state index contributed by atoms with van der Waals surface area (Å²) in [5.41, 5.74) is 4.77. The molecule has 2 aromatic rings. The fraction of sp³-hybridized carbons (Fsp3) is 0.364. The normalized spacial score (nSPS) is 17.1. The molecule has 0 bridgehead atoms. The zero-order chi connectivity index (χ0) is 23.5. The fourth-order valence-electron chi connectivity index (χ4n) is 3.59. The van der Waals surface area contributed by atoms with E-state index in [0.29, 0.717) is 12.4 Å². The van der Waals surface area contributed by atoms with E-state index in [0.717, 1.165) is 21.0 Å². The van der Waals surface area contributed by atoms with Crippen LogP contribution >= 0.6 is 0 Å². The molecule has 0 saturated carbocycles. The highest BCUT2D eigenvalue weighted by Gasteiger charge is 2.40. The summed E-state index contributed by atoms with van der Waals surface area (Å²) in [6, 6.07) is 10.8. The molecule has 0 spiro atoms. The average Bonchev–Trinajstić information content (AvgIpc) is 2.78. The molecule has 1 fully saturated rings. The number of sulfonamides is 1. The first kappa shape index (κ1) is 23.7. The van der Waals surface area contributed by atoms with Crippen LogP contribution in [0.15, 0.2) is 47.4 Å². The van der Waals surface area contributed by atoms with Gasteiger partial charge >= 0.3 is 0 Å². The number of benzene rings is 2. The largest absolute Gasteiger partial charge is 0.489 e. The molecule has 2 aromatic carbocycles. The molecule has 2 amide bonds. The lowest BCUT2D eigenvalue weighted by Crippen LogP contribution is -2.60. The van der Waals surface area contributed by atoms with Gasteiger partial charge in [0, 0.05) is 26.6 Å². The van der Waals surface area contributed by atoms with E-state index in [1.807, 2.05) is 32.0 Å². The molecule has 1 atom stereocenters. The second-order valence-electron chi connectivity index (χ2n) is 7.76. The molecular weight excluding hydrogens is 434 g/mol. The molecule has 1 unspecified atom stereocenters. The minimum absolute atomic E-state index is 0.0106. The second-order valence-corrected chi connectivity index (χ2v) is 9.65. The number of amides is 2. The molecule has 1 saturated heterocycles. The molecule has 1 aliphatic rings. The zero-order valence-corrected chi connectivity index (χ0v) is 19.1. The van der Waals surface area contributed by atoms with Crippen molar-refractivity contribution in [3.05, 3.63) is 59.2 Å². The number of rotatable bonds is 6. The van der Waals surface area contributed by atoms with Gasteiger partial charge in [-0.3, -0.25) is 14.8 Å². The number of nitrogens with zero attached hydrogens (tertiary/aromatic N) is 2. The Kier molecular flexibility index (Phi) is 7.17. The number of piperazine rings is 1. The number of carbonyl (C=O) groups excluding carboxylic acids is 2. The van der Waals surface area contributed by atoms with Gasteiger partial charge in [-0.2, -0.15) is 4.31 Å². The van der Waals surface area contributed by atoms with E-state index in [9.17, 15) is 18.0 Å². The van der Waals surface area contributed by atoms with Crippen LogP contribution in [0.5, 0.6) is 5.75 Å². The lowest BCUT2D eigenvalue weighted by molar-refractivity contribution is -0.138. The van der Waals surface area contributed by atoms with E-state index < -0.39 is 22.0 Å². The van der Waals surface area contributed by atoms with Crippen LogP contribution in [0.1, 0.15) is 23.6 Å². The van der Waals surface area contributed by atoms with Crippen LogP contribution in [-0.2, 0) is 26.2 Å². The average molecular weight is 462 g/mol. The monoisotopic (exact) mass is 461 g/mol. The maximum Gasteiger partial charge on any atom is 0.263 e. The van der Waals surface area contributed by atoms with Gasteiger partial charge in [0.15, 0.2) is 0 Å². The van der Waals surface area contributed by atoms with Crippen LogP contribution in [-0.4, -0.2) is 60.3 Å². The molecular formula is C22H27N3O6S. The van der Waals surface area contributed by atoms with Gasteiger partial charge in [0.05, 0.1) is 4.90 Å². The molecule has 0 aromatic heterocycles. The number of ether oxygens (including phenoxy) is 1. The van der Waals surface area contributed by atoms with Crippen molar-refractivity contribution in [2.75, 3.05) is 19.6 Å². The molecule has 1 heterocycles. The summed E-state index contributed by atoms with van der Waals surface area (Å²) in [6.07, 6.45) is 0. The summed E-state index contributed by atoms with van der Waals surface area (Å²) in [7, 11) is -4.04. The molecule has 3 rings (SSSR count). The number of nitrogens with one attached hydrogen (secondary N) is 1. The van der Waals surface area contributed by atoms with E-state index in [4.69, 9.17) is 9.94 Å². The van der Waals surface area contributed by atoms with Gasteiger partial charge in [-0.1, -0.05) is 23.8 Å². The minimum atomic E-state index is -4.04. The van der Waals surface area contributed by atoms with Crippen LogP contribution < -0.4 is 10.2 Å². The van der Waals surface area contributed by atoms with E-state index >= 15 is 0 Å². The summed E-state index contributed by atoms with van der Waals surface area (Å²) in [6.45, 7) is 5.64. The summed E-state index contributed by atoms with van der Waals surface area (Å²) in [5, 5.41) is 9.05. The predicted octanol–water partition coefficient (Wildman–Crippen LogP) is 1.61. The van der Waals surface area contributed by atoms with Crippen molar-refractivity contribution in [3.63, 3.8) is 0 Å². The standard InChI is InChI=1S/C22H27N3O6S/c1-15-4-5-16(2)18(12-15)14-31-19-6-8-20(9-7-19)32(29,30)25-11-10-24(17(3)26)13-21(25)22(27)23-28/h4-9,12,21,28H,10-11,13-14H2,1-3H3,(H,23,27). The van der Waals surface area contributed by atoms with Crippen LogP contribution in [0.25, 0.3) is 0 Å².